The molecule has 0 aromatic carbocycles. The molecule has 1 saturated carbocycles. The van der Waals surface area contributed by atoms with Gasteiger partial charge < -0.3 is 16.4 Å². The topological polar surface area (TPSA) is 20.2 Å². The molecular weight excluding hydrogens is 341 g/mol. The summed E-state index contributed by atoms with van der Waals surface area (Å²) in [4.78, 5) is 1.40. The quantitative estimate of drug-likeness (QED) is 0.604. The van der Waals surface area contributed by atoms with E-state index < -0.39 is 0 Å². The van der Waals surface area contributed by atoms with E-state index in [1.54, 1.807) is 11.3 Å². The first-order chi connectivity index (χ1) is 8.72. The largest absolute Gasteiger partial charge is 0.396 e. The molecule has 1 N–H and O–H groups in total. The van der Waals surface area contributed by atoms with Gasteiger partial charge in [-0.15, -0.1) is 21.9 Å². The van der Waals surface area contributed by atoms with Gasteiger partial charge in [0, 0.05) is 44.7 Å². The zero-order valence-electron chi connectivity index (χ0n) is 11.8. The number of hydrogen-bond acceptors (Lipinski definition) is 2. The second-order valence-corrected chi connectivity index (χ2v) is 6.66. The van der Waals surface area contributed by atoms with Crippen molar-refractivity contribution in [1.82, 2.24) is 0 Å². The first kappa shape index (κ1) is 15.4. The maximum absolute atomic E-state index is 6.96. The molecule has 0 bridgehead atoms. The van der Waals surface area contributed by atoms with Gasteiger partial charge in [-0.25, -0.2) is 6.07 Å². The molecule has 99 valence electrons. The van der Waals surface area contributed by atoms with Gasteiger partial charge in [0.05, 0.1) is 0 Å². The van der Waals surface area contributed by atoms with Crippen molar-refractivity contribution in [3.63, 3.8) is 0 Å². The maximum Gasteiger partial charge on any atom is 0.210 e. The van der Waals surface area contributed by atoms with Crippen molar-refractivity contribution in [2.75, 3.05) is 6.61 Å². The van der Waals surface area contributed by atoms with Gasteiger partial charge in [0.15, 0.2) is 0 Å². The molecule has 4 heteroatoms. The fourth-order valence-corrected chi connectivity index (χ4v) is 4.26. The second-order valence-electron chi connectivity index (χ2n) is 5.14. The van der Waals surface area contributed by atoms with Crippen LogP contribution in [0.5, 0.6) is 0 Å². The van der Waals surface area contributed by atoms with Gasteiger partial charge in [-0.3, -0.25) is 0 Å². The molecule has 0 saturated heterocycles. The normalized spacial score (nSPS) is 32.0. The summed E-state index contributed by atoms with van der Waals surface area (Å²) in [6, 6.07) is 4.13. The van der Waals surface area contributed by atoms with Gasteiger partial charge >= 0.3 is 0 Å². The van der Waals surface area contributed by atoms with Crippen molar-refractivity contribution in [2.24, 2.45) is 17.8 Å². The number of halogens is 1. The average Bonchev–Trinajstić information content (AvgIpc) is 2.92. The molecule has 1 aromatic rings. The van der Waals surface area contributed by atoms with Crippen LogP contribution in [-0.2, 0) is 39.1 Å². The summed E-state index contributed by atoms with van der Waals surface area (Å²) in [6.07, 6.45) is 4.50. The fourth-order valence-electron chi connectivity index (χ4n) is 2.99. The van der Waals surface area contributed by atoms with E-state index in [4.69, 9.17) is 13.0 Å². The van der Waals surface area contributed by atoms with E-state index in [0.29, 0.717) is 24.4 Å². The van der Waals surface area contributed by atoms with Crippen molar-refractivity contribution in [3.05, 3.63) is 22.4 Å². The Morgan fingerprint density at radius 2 is 2.44 bits per heavy atom. The zero-order valence-corrected chi connectivity index (χ0v) is 15.2. The van der Waals surface area contributed by atoms with Crippen LogP contribution in [0.1, 0.15) is 31.1 Å². The minimum absolute atomic E-state index is 0. The monoisotopic (exact) mass is 361 g/mol. The third-order valence-corrected chi connectivity index (χ3v) is 5.38. The second kappa shape index (κ2) is 8.37. The van der Waals surface area contributed by atoms with Crippen LogP contribution in [0.4, 0.5) is 0 Å². The predicted octanol–water partition coefficient (Wildman–Crippen LogP) is 3.74. The Bertz CT molecular complexity index is 349. The van der Waals surface area contributed by atoms with E-state index in [0.717, 1.165) is 19.3 Å². The Hall–Kier alpha value is 1.05. The van der Waals surface area contributed by atoms with E-state index in [1.807, 2.05) is 6.07 Å². The number of thiophene rings is 1. The molecule has 1 fully saturated rings. The molecule has 1 radical (unpaired) electrons. The molecule has 4 atom stereocenters. The van der Waals surface area contributed by atoms with Gasteiger partial charge in [-0.2, -0.15) is 6.07 Å². The third kappa shape index (κ3) is 4.28. The summed E-state index contributed by atoms with van der Waals surface area (Å²) in [7, 11) is 0. The van der Waals surface area contributed by atoms with Crippen LogP contribution in [0.25, 0.3) is 0 Å². The van der Waals surface area contributed by atoms with Gasteiger partial charge in [-0.05, 0) is 30.6 Å². The molecule has 0 aliphatic heterocycles. The Morgan fingerprint density at radius 1 is 1.61 bits per heavy atom. The Morgan fingerprint density at radius 3 is 3.11 bits per heavy atom. The van der Waals surface area contributed by atoms with Crippen LogP contribution in [0, 0.1) is 23.1 Å². The molecule has 1 aliphatic rings. The summed E-state index contributed by atoms with van der Waals surface area (Å²) >= 11 is 8.15. The van der Waals surface area contributed by atoms with Gasteiger partial charge in [0.2, 0.25) is 1.43 Å². The number of aliphatic hydroxyl groups excluding tert-OH is 1. The molecule has 2 rings (SSSR count). The Balaban J connectivity index is 0.00000180. The minimum Gasteiger partial charge on any atom is -0.396 e. The molecule has 0 unspecified atom stereocenters. The van der Waals surface area contributed by atoms with Crippen LogP contribution >= 0.6 is 22.9 Å². The first-order valence-corrected chi connectivity index (χ1v) is 7.64. The zero-order chi connectivity index (χ0) is 13.0. The van der Waals surface area contributed by atoms with Crippen LogP contribution in [0.2, 0.25) is 0 Å². The van der Waals surface area contributed by atoms with E-state index >= 15 is 0 Å². The van der Waals surface area contributed by atoms with Gasteiger partial charge in [0.25, 0.3) is 0 Å². The third-order valence-electron chi connectivity index (χ3n) is 4.02. The fraction of sp³-hybridized carbons (Fsp3) is 0.714. The molecule has 1 aliphatic carbocycles. The predicted molar refractivity (Wildman–Crippen MR) is 73.6 cm³/mol. The Labute approximate surface area is 146 Å². The number of hydrogen-bond donors (Lipinski definition) is 1. The molecule has 1 nitrogen and oxygen atoms in total. The summed E-state index contributed by atoms with van der Waals surface area (Å²) in [5.41, 5.74) is 0. The minimum atomic E-state index is 0. The van der Waals surface area contributed by atoms with E-state index in [-0.39, 0.29) is 38.1 Å². The molecule has 0 amide bonds. The number of alkyl halides is 1. The van der Waals surface area contributed by atoms with E-state index in [1.165, 1.54) is 11.3 Å². The summed E-state index contributed by atoms with van der Waals surface area (Å²) in [6.45, 7) is 2.76. The average molecular weight is 362 g/mol. The molecular formula is C14H20ClOSY-. The standard InChI is InChI=1S/C14H20ClOS.Y/c1-10-8-14(15)12(13(10)9-16)6-2-4-11-5-3-7-17-11;/h3,5,10,12-14,16H,2,4,6,8-9H2,1H3;/q-1;/t10-,12-,13+,14-;/m1./s1/i16D;. The SMILES string of the molecule is [2H]OC[C@@H]1[C@@H](CCCc2cc[c-]s2)[C@H](Cl)C[C@H]1C.[Y]. The van der Waals surface area contributed by atoms with E-state index in [2.05, 4.69) is 23.5 Å². The first-order valence-electron chi connectivity index (χ1n) is 6.80. The van der Waals surface area contributed by atoms with Crippen molar-refractivity contribution >= 4 is 22.9 Å². The molecule has 18 heavy (non-hydrogen) atoms. The number of aliphatic hydroxyl groups is 1. The summed E-state index contributed by atoms with van der Waals surface area (Å²) in [5, 5.41) is 8.00. The van der Waals surface area contributed by atoms with Crippen molar-refractivity contribution in [3.8, 4) is 0 Å². The smallest absolute Gasteiger partial charge is 0.210 e. The molecule has 0 spiro atoms. The van der Waals surface area contributed by atoms with Crippen LogP contribution < -0.4 is 0 Å². The summed E-state index contributed by atoms with van der Waals surface area (Å²) < 4.78 is 6.96. The van der Waals surface area contributed by atoms with Gasteiger partial charge in [0.1, 0.15) is 0 Å². The Kier molecular flexibility index (Phi) is 7.18. The maximum atomic E-state index is 6.96. The molecule has 1 aromatic heterocycles. The van der Waals surface area contributed by atoms with Crippen molar-refractivity contribution in [1.29, 1.82) is 1.43 Å². The number of rotatable bonds is 6. The number of aryl methyl sites for hydroxylation is 1. The van der Waals surface area contributed by atoms with Crippen LogP contribution in [0.15, 0.2) is 12.1 Å². The van der Waals surface area contributed by atoms with Crippen molar-refractivity contribution in [2.45, 2.75) is 38.0 Å². The van der Waals surface area contributed by atoms with E-state index in [9.17, 15) is 0 Å². The van der Waals surface area contributed by atoms with Gasteiger partial charge in [-0.1, -0.05) is 19.8 Å². The van der Waals surface area contributed by atoms with Crippen LogP contribution in [-0.4, -0.2) is 18.5 Å². The molecule has 1 heterocycles. The summed E-state index contributed by atoms with van der Waals surface area (Å²) in [5.74, 6) is 1.55. The van der Waals surface area contributed by atoms with Crippen molar-refractivity contribution < 1.29 is 37.8 Å². The van der Waals surface area contributed by atoms with Crippen LogP contribution in [0.3, 0.4) is 0 Å².